The predicted molar refractivity (Wildman–Crippen MR) is 197 cm³/mol. The molecular formula is C39H50N6O8S. The third kappa shape index (κ3) is 7.52. The minimum absolute atomic E-state index is 0.0275. The molecule has 3 aliphatic carbocycles. The van der Waals surface area contributed by atoms with Crippen LogP contribution in [-0.4, -0.2) is 88.2 Å². The van der Waals surface area contributed by atoms with Crippen LogP contribution in [0.25, 0.3) is 11.0 Å². The smallest absolute Gasteiger partial charge is 0.408 e. The average molecular weight is 763 g/mol. The van der Waals surface area contributed by atoms with Gasteiger partial charge in [0, 0.05) is 6.42 Å². The second-order valence-corrected chi connectivity index (χ2v) is 18.6. The molecule has 3 saturated carbocycles. The lowest BCUT2D eigenvalue weighted by molar-refractivity contribution is -0.141. The van der Waals surface area contributed by atoms with Crippen molar-refractivity contribution in [2.24, 2.45) is 11.8 Å². The molecule has 0 spiro atoms. The SMILES string of the molecule is CC1(S(=O)(=O)NC(=O)C23C[C@@H]2C/C=C/CCCC[C@@H]2NC(=O)O[C@@H]4C[C@H]4CCCCCc4nc5ccccc5nc4O[C@@H]4C[C@@H](C(=O)N3)N(C4)C2=O)CC1. The lowest BCUT2D eigenvalue weighted by atomic mass is 10.1. The van der Waals surface area contributed by atoms with Gasteiger partial charge in [0.05, 0.1) is 22.3 Å². The zero-order valence-electron chi connectivity index (χ0n) is 30.8. The molecule has 3 N–H and O–H groups in total. The van der Waals surface area contributed by atoms with E-state index in [1.165, 1.54) is 4.90 Å². The van der Waals surface area contributed by atoms with E-state index in [0.717, 1.165) is 50.5 Å². The normalized spacial score (nSPS) is 33.4. The van der Waals surface area contributed by atoms with Crippen molar-refractivity contribution in [2.75, 3.05) is 6.54 Å². The monoisotopic (exact) mass is 762 g/mol. The quantitative estimate of drug-likeness (QED) is 0.387. The van der Waals surface area contributed by atoms with Crippen molar-refractivity contribution in [1.29, 1.82) is 0 Å². The number of rotatable bonds is 3. The highest BCUT2D eigenvalue weighted by Crippen LogP contribution is 2.48. The summed E-state index contributed by atoms with van der Waals surface area (Å²) >= 11 is 0. The summed E-state index contributed by atoms with van der Waals surface area (Å²) in [6, 6.07) is 5.54. The molecular weight excluding hydrogens is 713 g/mol. The highest BCUT2D eigenvalue weighted by molar-refractivity contribution is 7.91. The first-order valence-electron chi connectivity index (χ1n) is 19.7. The van der Waals surface area contributed by atoms with Gasteiger partial charge in [-0.2, -0.15) is 0 Å². The molecule has 14 nitrogen and oxygen atoms in total. The van der Waals surface area contributed by atoms with E-state index in [1.54, 1.807) is 6.92 Å². The number of carbonyl (C=O) groups is 4. The van der Waals surface area contributed by atoms with Crippen molar-refractivity contribution in [3.8, 4) is 5.88 Å². The number of nitrogens with one attached hydrogen (secondary N) is 3. The molecule has 1 unspecified atom stereocenters. The summed E-state index contributed by atoms with van der Waals surface area (Å²) in [6.07, 6.45) is 11.9. The summed E-state index contributed by atoms with van der Waals surface area (Å²) in [7, 11) is -3.97. The van der Waals surface area contributed by atoms with Crippen molar-refractivity contribution in [2.45, 2.75) is 138 Å². The van der Waals surface area contributed by atoms with Crippen LogP contribution in [0.3, 0.4) is 0 Å². The number of nitrogens with zero attached hydrogens (tertiary/aromatic N) is 3. The summed E-state index contributed by atoms with van der Waals surface area (Å²) < 4.78 is 39.9. The third-order valence-electron chi connectivity index (χ3n) is 12.3. The van der Waals surface area contributed by atoms with Gasteiger partial charge in [0.15, 0.2) is 0 Å². The van der Waals surface area contributed by atoms with E-state index in [1.807, 2.05) is 36.4 Å². The summed E-state index contributed by atoms with van der Waals surface area (Å²) in [5.41, 5.74) is 0.670. The Morgan fingerprint density at radius 2 is 1.74 bits per heavy atom. The summed E-state index contributed by atoms with van der Waals surface area (Å²) in [4.78, 5) is 67.3. The minimum Gasteiger partial charge on any atom is -0.471 e. The number of benzene rings is 1. The molecule has 6 aliphatic rings. The molecule has 290 valence electrons. The van der Waals surface area contributed by atoms with Gasteiger partial charge in [0.2, 0.25) is 27.7 Å². The van der Waals surface area contributed by atoms with E-state index >= 15 is 0 Å². The highest BCUT2D eigenvalue weighted by Gasteiger charge is 2.63. The molecule has 15 heteroatoms. The maximum Gasteiger partial charge on any atom is 0.408 e. The summed E-state index contributed by atoms with van der Waals surface area (Å²) in [6.45, 7) is 1.63. The van der Waals surface area contributed by atoms with E-state index < -0.39 is 62.3 Å². The Balaban J connectivity index is 1.12. The van der Waals surface area contributed by atoms with Gasteiger partial charge in [-0.25, -0.2) is 23.2 Å². The number of aryl methyl sites for hydroxylation is 1. The molecule has 54 heavy (non-hydrogen) atoms. The third-order valence-corrected chi connectivity index (χ3v) is 14.5. The van der Waals surface area contributed by atoms with Crippen LogP contribution in [0.4, 0.5) is 4.79 Å². The van der Waals surface area contributed by atoms with Crippen LogP contribution in [0.15, 0.2) is 36.4 Å². The van der Waals surface area contributed by atoms with Gasteiger partial charge in [-0.15, -0.1) is 0 Å². The zero-order valence-corrected chi connectivity index (χ0v) is 31.6. The number of amides is 4. The van der Waals surface area contributed by atoms with Crippen LogP contribution in [0.2, 0.25) is 0 Å². The van der Waals surface area contributed by atoms with E-state index in [0.29, 0.717) is 55.6 Å². The molecule has 2 aromatic rings. The molecule has 7 atom stereocenters. The van der Waals surface area contributed by atoms with Crippen LogP contribution in [0, 0.1) is 11.8 Å². The Hall–Kier alpha value is -4.27. The van der Waals surface area contributed by atoms with Crippen molar-refractivity contribution in [3.63, 3.8) is 0 Å². The highest BCUT2D eigenvalue weighted by atomic mass is 32.2. The lowest BCUT2D eigenvalue weighted by Crippen LogP contribution is -2.58. The molecule has 3 bridgehead atoms. The van der Waals surface area contributed by atoms with Crippen molar-refractivity contribution in [3.05, 3.63) is 42.1 Å². The Bertz CT molecular complexity index is 1970. The standard InChI is InChI=1S/C39H50N6O8S/c1-38(18-19-38)54(50,51)44-36(48)39-22-25(39)13-7-3-2-4-8-17-30-35(47)45-23-26(21-31(45)33(46)43-39)52-34-29(40-27-14-10-11-15-28(27)41-34)16-9-5-6-12-24-20-32(24)53-37(49)42-30/h3,7,10-11,14-15,24-26,30-32H,2,4-6,8-9,12-13,16-23H2,1H3,(H,42,49)(H,43,46)(H,44,48)/b7-3+/t24-,25+,26-,30+,31+,32-,39?/m1/s1. The second-order valence-electron chi connectivity index (χ2n) is 16.4. The van der Waals surface area contributed by atoms with Crippen LogP contribution in [0.5, 0.6) is 5.88 Å². The molecule has 4 fully saturated rings. The number of alkyl carbamates (subject to hydrolysis) is 1. The molecule has 0 radical (unpaired) electrons. The van der Waals surface area contributed by atoms with Gasteiger partial charge in [-0.05, 0) is 102 Å². The number of fused-ring (bicyclic) bond motifs is 6. The van der Waals surface area contributed by atoms with Gasteiger partial charge < -0.3 is 25.0 Å². The Morgan fingerprint density at radius 3 is 2.54 bits per heavy atom. The molecule has 8 rings (SSSR count). The Morgan fingerprint density at radius 1 is 0.963 bits per heavy atom. The fraction of sp³-hybridized carbons (Fsp3) is 0.641. The fourth-order valence-corrected chi connectivity index (χ4v) is 9.61. The number of allylic oxidation sites excluding steroid dienone is 2. The van der Waals surface area contributed by atoms with Crippen molar-refractivity contribution < 1.29 is 37.1 Å². The second kappa shape index (κ2) is 14.4. The first-order valence-corrected chi connectivity index (χ1v) is 21.2. The zero-order chi connectivity index (χ0) is 37.7. The maximum absolute atomic E-state index is 14.5. The fourth-order valence-electron chi connectivity index (χ4n) is 8.30. The molecule has 4 amide bonds. The average Bonchev–Trinajstić information content (AvgIpc) is 4.10. The number of hydrogen-bond donors (Lipinski definition) is 3. The molecule has 3 aliphatic heterocycles. The molecule has 1 saturated heterocycles. The van der Waals surface area contributed by atoms with Crippen molar-refractivity contribution >= 4 is 44.9 Å². The van der Waals surface area contributed by atoms with Gasteiger partial charge in [0.25, 0.3) is 5.91 Å². The number of carbonyl (C=O) groups excluding carboxylic acids is 4. The number of para-hydroxylation sites is 2. The number of aromatic nitrogens is 2. The van der Waals surface area contributed by atoms with Crippen LogP contribution < -0.4 is 20.1 Å². The largest absolute Gasteiger partial charge is 0.471 e. The predicted octanol–water partition coefficient (Wildman–Crippen LogP) is 3.97. The lowest BCUT2D eigenvalue weighted by Gasteiger charge is -2.30. The summed E-state index contributed by atoms with van der Waals surface area (Å²) in [5, 5.41) is 5.77. The first kappa shape index (κ1) is 36.7. The van der Waals surface area contributed by atoms with Crippen LogP contribution in [-0.2, 0) is 35.6 Å². The minimum atomic E-state index is -3.97. The van der Waals surface area contributed by atoms with E-state index in [-0.39, 0.29) is 37.3 Å². The van der Waals surface area contributed by atoms with Gasteiger partial charge in [-0.1, -0.05) is 43.5 Å². The molecule has 4 heterocycles. The van der Waals surface area contributed by atoms with E-state index in [9.17, 15) is 27.6 Å². The Kier molecular flexibility index (Phi) is 9.80. The number of sulfonamides is 1. The van der Waals surface area contributed by atoms with E-state index in [2.05, 4.69) is 15.4 Å². The van der Waals surface area contributed by atoms with Crippen LogP contribution >= 0.6 is 0 Å². The van der Waals surface area contributed by atoms with Crippen LogP contribution in [0.1, 0.15) is 103 Å². The van der Waals surface area contributed by atoms with Crippen molar-refractivity contribution in [1.82, 2.24) is 30.2 Å². The topological polar surface area (TPSA) is 186 Å². The Labute approximate surface area is 315 Å². The first-order chi connectivity index (χ1) is 25.9. The van der Waals surface area contributed by atoms with Gasteiger partial charge in [-0.3, -0.25) is 19.1 Å². The van der Waals surface area contributed by atoms with E-state index in [4.69, 9.17) is 19.4 Å². The molecule has 1 aromatic carbocycles. The number of hydrogen-bond acceptors (Lipinski definition) is 10. The summed E-state index contributed by atoms with van der Waals surface area (Å²) in [5.74, 6) is -1.47. The molecule has 1 aromatic heterocycles. The number of ether oxygens (including phenoxy) is 2. The maximum atomic E-state index is 14.5. The van der Waals surface area contributed by atoms with Gasteiger partial charge >= 0.3 is 6.09 Å². The van der Waals surface area contributed by atoms with Gasteiger partial charge in [0.1, 0.15) is 35.5 Å².